The van der Waals surface area contributed by atoms with Crippen LogP contribution in [-0.4, -0.2) is 54.4 Å². The largest absolute Gasteiger partial charge is 0.369 e. The SMILES string of the molecule is CC([CH]C(=O)N[C@H]1CCCN(S(=O)(=O)c2ccccn2)CC1=O)C(N)=O. The van der Waals surface area contributed by atoms with E-state index in [2.05, 4.69) is 10.3 Å². The first kappa shape index (κ1) is 20.0. The number of nitrogens with one attached hydrogen (secondary N) is 1. The molecule has 1 aromatic heterocycles. The Hall–Kier alpha value is -2.33. The van der Waals surface area contributed by atoms with Crippen LogP contribution in [0.5, 0.6) is 0 Å². The molecule has 2 heterocycles. The van der Waals surface area contributed by atoms with Crippen molar-refractivity contribution in [2.45, 2.75) is 30.8 Å². The Bertz CT molecular complexity index is 781. The van der Waals surface area contributed by atoms with Gasteiger partial charge in [0.15, 0.2) is 10.8 Å². The molecule has 1 saturated heterocycles. The van der Waals surface area contributed by atoms with E-state index in [0.29, 0.717) is 12.8 Å². The van der Waals surface area contributed by atoms with Crippen molar-refractivity contribution in [3.8, 4) is 0 Å². The highest BCUT2D eigenvalue weighted by molar-refractivity contribution is 7.89. The number of carbonyl (C=O) groups is 3. The van der Waals surface area contributed by atoms with E-state index in [1.165, 1.54) is 19.2 Å². The number of pyridine rings is 1. The Morgan fingerprint density at radius 1 is 1.42 bits per heavy atom. The molecule has 3 N–H and O–H groups in total. The highest BCUT2D eigenvalue weighted by atomic mass is 32.2. The van der Waals surface area contributed by atoms with Gasteiger partial charge in [0.2, 0.25) is 11.8 Å². The minimum atomic E-state index is -3.88. The molecule has 1 unspecified atom stereocenters. The average Bonchev–Trinajstić information content (AvgIpc) is 2.78. The number of ketones is 1. The van der Waals surface area contributed by atoms with Crippen molar-refractivity contribution >= 4 is 27.6 Å². The maximum absolute atomic E-state index is 12.6. The van der Waals surface area contributed by atoms with Crippen LogP contribution < -0.4 is 11.1 Å². The molecule has 1 aromatic rings. The molecule has 0 bridgehead atoms. The summed E-state index contributed by atoms with van der Waals surface area (Å²) in [6.45, 7) is 1.27. The summed E-state index contributed by atoms with van der Waals surface area (Å²) in [5.41, 5.74) is 5.09. The van der Waals surface area contributed by atoms with Crippen LogP contribution in [0.2, 0.25) is 0 Å². The zero-order valence-corrected chi connectivity index (χ0v) is 15.1. The second-order valence-electron chi connectivity index (χ2n) is 6.03. The summed E-state index contributed by atoms with van der Waals surface area (Å²) in [6, 6.07) is 3.70. The van der Waals surface area contributed by atoms with Crippen molar-refractivity contribution in [2.75, 3.05) is 13.1 Å². The summed E-state index contributed by atoms with van der Waals surface area (Å²) >= 11 is 0. The van der Waals surface area contributed by atoms with Gasteiger partial charge < -0.3 is 11.1 Å². The van der Waals surface area contributed by atoms with Crippen LogP contribution in [0.3, 0.4) is 0 Å². The molecule has 10 heteroatoms. The number of rotatable bonds is 6. The van der Waals surface area contributed by atoms with Gasteiger partial charge in [-0.1, -0.05) is 13.0 Å². The molecule has 141 valence electrons. The van der Waals surface area contributed by atoms with Gasteiger partial charge in [0, 0.05) is 18.7 Å². The molecule has 1 aliphatic rings. The van der Waals surface area contributed by atoms with Gasteiger partial charge in [0.05, 0.1) is 19.0 Å². The lowest BCUT2D eigenvalue weighted by Gasteiger charge is -2.19. The van der Waals surface area contributed by atoms with Gasteiger partial charge in [-0.3, -0.25) is 14.4 Å². The number of nitrogens with zero attached hydrogens (tertiary/aromatic N) is 2. The summed E-state index contributed by atoms with van der Waals surface area (Å²) in [5, 5.41) is 2.39. The Morgan fingerprint density at radius 3 is 2.77 bits per heavy atom. The molecule has 26 heavy (non-hydrogen) atoms. The maximum atomic E-state index is 12.6. The maximum Gasteiger partial charge on any atom is 0.260 e. The van der Waals surface area contributed by atoms with Crippen LogP contribution in [0.25, 0.3) is 0 Å². The first-order valence-electron chi connectivity index (χ1n) is 8.10. The monoisotopic (exact) mass is 381 g/mol. The lowest BCUT2D eigenvalue weighted by Crippen LogP contribution is -2.45. The second kappa shape index (κ2) is 8.37. The average molecular weight is 381 g/mol. The third kappa shape index (κ3) is 4.85. The number of primary amides is 1. The van der Waals surface area contributed by atoms with Crippen LogP contribution >= 0.6 is 0 Å². The highest BCUT2D eigenvalue weighted by Gasteiger charge is 2.33. The van der Waals surface area contributed by atoms with Gasteiger partial charge in [-0.15, -0.1) is 0 Å². The molecule has 0 aliphatic carbocycles. The Kier molecular flexibility index (Phi) is 6.43. The van der Waals surface area contributed by atoms with E-state index in [9.17, 15) is 22.8 Å². The first-order chi connectivity index (χ1) is 12.2. The number of amides is 2. The van der Waals surface area contributed by atoms with Crippen molar-refractivity contribution in [3.05, 3.63) is 30.8 Å². The molecule has 0 aromatic carbocycles. The minimum absolute atomic E-state index is 0.126. The van der Waals surface area contributed by atoms with Crippen LogP contribution in [-0.2, 0) is 24.4 Å². The van der Waals surface area contributed by atoms with E-state index in [-0.39, 0.29) is 18.1 Å². The number of hydrogen-bond donors (Lipinski definition) is 2. The molecule has 0 spiro atoms. The van der Waals surface area contributed by atoms with Crippen LogP contribution in [0.1, 0.15) is 19.8 Å². The molecule has 2 amide bonds. The van der Waals surface area contributed by atoms with Crippen molar-refractivity contribution in [3.63, 3.8) is 0 Å². The van der Waals surface area contributed by atoms with Crippen LogP contribution in [0, 0.1) is 12.3 Å². The summed E-state index contributed by atoms with van der Waals surface area (Å²) < 4.78 is 26.3. The van der Waals surface area contributed by atoms with Crippen molar-refractivity contribution < 1.29 is 22.8 Å². The fraction of sp³-hybridized carbons (Fsp3) is 0.438. The van der Waals surface area contributed by atoms with Gasteiger partial charge in [-0.05, 0) is 25.0 Å². The molecule has 1 radical (unpaired) electrons. The van der Waals surface area contributed by atoms with Crippen molar-refractivity contribution in [1.82, 2.24) is 14.6 Å². The van der Waals surface area contributed by atoms with Crippen molar-refractivity contribution in [2.24, 2.45) is 11.7 Å². The summed E-state index contributed by atoms with van der Waals surface area (Å²) in [7, 11) is -3.88. The van der Waals surface area contributed by atoms with Crippen LogP contribution in [0.4, 0.5) is 0 Å². The topological polar surface area (TPSA) is 140 Å². The second-order valence-corrected chi connectivity index (χ2v) is 7.92. The molecule has 1 fully saturated rings. The molecular weight excluding hydrogens is 360 g/mol. The van der Waals surface area contributed by atoms with E-state index in [4.69, 9.17) is 5.73 Å². The Labute approximate surface area is 152 Å². The summed E-state index contributed by atoms with van der Waals surface area (Å²) in [4.78, 5) is 39.2. The molecule has 9 nitrogen and oxygen atoms in total. The number of aromatic nitrogens is 1. The molecule has 2 atom stereocenters. The van der Waals surface area contributed by atoms with E-state index in [1.807, 2.05) is 0 Å². The highest BCUT2D eigenvalue weighted by Crippen LogP contribution is 2.17. The van der Waals surface area contributed by atoms with E-state index in [1.54, 1.807) is 12.1 Å². The third-order valence-corrected chi connectivity index (χ3v) is 5.79. The summed E-state index contributed by atoms with van der Waals surface area (Å²) in [6.07, 6.45) is 3.17. The Balaban J connectivity index is 2.04. The predicted molar refractivity (Wildman–Crippen MR) is 91.8 cm³/mol. The normalized spacial score (nSPS) is 20.2. The van der Waals surface area contributed by atoms with Crippen LogP contribution in [0.15, 0.2) is 29.4 Å². The predicted octanol–water partition coefficient (Wildman–Crippen LogP) is -0.754. The fourth-order valence-corrected chi connectivity index (χ4v) is 3.89. The first-order valence-corrected chi connectivity index (χ1v) is 9.54. The lowest BCUT2D eigenvalue weighted by atomic mass is 10.0. The standard InChI is InChI=1S/C16H21N4O5S/c1-11(16(17)23)9-14(22)19-12-5-4-8-20(10-13(12)21)26(24,25)15-6-2-3-7-18-15/h2-3,6-7,9,11-12H,4-5,8,10H2,1H3,(H2,17,23)(H,19,22)/t11?,12-/m0/s1. The van der Waals surface area contributed by atoms with Crippen molar-refractivity contribution in [1.29, 1.82) is 0 Å². The minimum Gasteiger partial charge on any atom is -0.369 e. The van der Waals surface area contributed by atoms with Gasteiger partial charge >= 0.3 is 0 Å². The van der Waals surface area contributed by atoms with Gasteiger partial charge in [-0.2, -0.15) is 4.31 Å². The summed E-state index contributed by atoms with van der Waals surface area (Å²) in [5.74, 6) is -2.43. The molecule has 2 rings (SSSR count). The number of nitrogens with two attached hydrogens (primary N) is 1. The molecule has 1 aliphatic heterocycles. The molecular formula is C16H21N4O5S. The number of sulfonamides is 1. The number of carbonyl (C=O) groups excluding carboxylic acids is 3. The van der Waals surface area contributed by atoms with E-state index in [0.717, 1.165) is 10.7 Å². The smallest absolute Gasteiger partial charge is 0.260 e. The zero-order chi connectivity index (χ0) is 19.3. The zero-order valence-electron chi connectivity index (χ0n) is 14.3. The van der Waals surface area contributed by atoms with Gasteiger partial charge in [-0.25, -0.2) is 13.4 Å². The Morgan fingerprint density at radius 2 is 2.15 bits per heavy atom. The molecule has 0 saturated carbocycles. The lowest BCUT2D eigenvalue weighted by molar-refractivity contribution is -0.127. The van der Waals surface area contributed by atoms with E-state index < -0.39 is 39.6 Å². The van der Waals surface area contributed by atoms with E-state index >= 15 is 0 Å². The van der Waals surface area contributed by atoms with Gasteiger partial charge in [0.1, 0.15) is 0 Å². The third-order valence-electron chi connectivity index (χ3n) is 4.03. The number of Topliss-reactive ketones (excluding diaryl/α,β-unsaturated/α-hetero) is 1. The quantitative estimate of drug-likeness (QED) is 0.664. The number of hydrogen-bond acceptors (Lipinski definition) is 6. The van der Waals surface area contributed by atoms with Gasteiger partial charge in [0.25, 0.3) is 10.0 Å². The fourth-order valence-electron chi connectivity index (χ4n) is 2.51.